The minimum absolute atomic E-state index is 0.561. The zero-order chi connectivity index (χ0) is 13.1. The molecule has 4 N–H and O–H groups in total. The first-order valence-corrected chi connectivity index (χ1v) is 6.99. The molecule has 2 aromatic heterocycles. The van der Waals surface area contributed by atoms with E-state index in [1.54, 1.807) is 11.3 Å². The summed E-state index contributed by atoms with van der Waals surface area (Å²) in [7, 11) is 0. The van der Waals surface area contributed by atoms with E-state index in [9.17, 15) is 0 Å². The zero-order valence-electron chi connectivity index (χ0n) is 10.1. The second-order valence-corrected chi connectivity index (χ2v) is 5.97. The van der Waals surface area contributed by atoms with Gasteiger partial charge in [0.1, 0.15) is 16.6 Å². The van der Waals surface area contributed by atoms with E-state index in [0.717, 1.165) is 16.8 Å². The molecule has 0 saturated heterocycles. The van der Waals surface area contributed by atoms with Gasteiger partial charge >= 0.3 is 0 Å². The number of thiophene rings is 1. The maximum atomic E-state index is 5.35. The third-order valence-electron chi connectivity index (χ3n) is 2.57. The predicted molar refractivity (Wildman–Crippen MR) is 78.7 cm³/mol. The molecule has 0 amide bonds. The van der Waals surface area contributed by atoms with Gasteiger partial charge in [0.15, 0.2) is 5.82 Å². The summed E-state index contributed by atoms with van der Waals surface area (Å²) in [6.07, 6.45) is 1.47. The van der Waals surface area contributed by atoms with Crippen molar-refractivity contribution in [2.24, 2.45) is 5.84 Å². The van der Waals surface area contributed by atoms with Gasteiger partial charge in [0.25, 0.3) is 0 Å². The molecule has 2 heterocycles. The van der Waals surface area contributed by atoms with Crippen LogP contribution in [-0.2, 0) is 6.54 Å². The van der Waals surface area contributed by atoms with Crippen LogP contribution in [0, 0.1) is 13.8 Å². The van der Waals surface area contributed by atoms with E-state index in [-0.39, 0.29) is 0 Å². The third-order valence-corrected chi connectivity index (χ3v) is 4.48. The van der Waals surface area contributed by atoms with Crippen molar-refractivity contribution in [2.75, 3.05) is 10.7 Å². The Bertz CT molecular complexity index is 535. The van der Waals surface area contributed by atoms with E-state index in [0.29, 0.717) is 5.82 Å². The highest BCUT2D eigenvalue weighted by Crippen LogP contribution is 2.27. The number of hydrazine groups is 1. The lowest BCUT2D eigenvalue weighted by Crippen LogP contribution is -2.11. The number of nitrogens with two attached hydrogens (primary N) is 1. The normalized spacial score (nSPS) is 10.4. The second-order valence-electron chi connectivity index (χ2n) is 3.83. The molecular formula is C11H14BrN5S. The summed E-state index contributed by atoms with van der Waals surface area (Å²) < 4.78 is 0.734. The van der Waals surface area contributed by atoms with Gasteiger partial charge in [-0.3, -0.25) is 0 Å². The molecule has 7 heteroatoms. The SMILES string of the molecule is Cc1cc(CNc2ncnc(NN)c2Br)sc1C. The summed E-state index contributed by atoms with van der Waals surface area (Å²) in [5.41, 5.74) is 3.83. The van der Waals surface area contributed by atoms with Crippen LogP contribution in [0.15, 0.2) is 16.9 Å². The summed E-state index contributed by atoms with van der Waals surface area (Å²) in [6.45, 7) is 4.98. The molecule has 0 radical (unpaired) electrons. The third kappa shape index (κ3) is 2.80. The summed E-state index contributed by atoms with van der Waals surface area (Å²) in [6, 6.07) is 2.18. The van der Waals surface area contributed by atoms with Gasteiger partial charge in [0, 0.05) is 9.75 Å². The highest BCUT2D eigenvalue weighted by molar-refractivity contribution is 9.10. The van der Waals surface area contributed by atoms with Crippen LogP contribution < -0.4 is 16.6 Å². The Labute approximate surface area is 118 Å². The number of hydrogen-bond donors (Lipinski definition) is 3. The first kappa shape index (κ1) is 13.3. The Morgan fingerprint density at radius 1 is 1.33 bits per heavy atom. The quantitative estimate of drug-likeness (QED) is 0.594. The van der Waals surface area contributed by atoms with Gasteiger partial charge in [0.05, 0.1) is 6.54 Å². The Balaban J connectivity index is 2.10. The molecule has 0 aromatic carbocycles. The highest BCUT2D eigenvalue weighted by Gasteiger charge is 2.08. The van der Waals surface area contributed by atoms with Crippen LogP contribution in [0.4, 0.5) is 11.6 Å². The molecule has 5 nitrogen and oxygen atoms in total. The monoisotopic (exact) mass is 327 g/mol. The fourth-order valence-electron chi connectivity index (χ4n) is 1.50. The standard InChI is InChI=1S/C11H14BrN5S/c1-6-3-8(18-7(6)2)4-14-10-9(12)11(17-13)16-5-15-10/h3,5H,4,13H2,1-2H3,(H2,14,15,16,17). The minimum atomic E-state index is 0.561. The number of nitrogens with one attached hydrogen (secondary N) is 2. The van der Waals surface area contributed by atoms with E-state index in [1.807, 2.05) is 0 Å². The largest absolute Gasteiger partial charge is 0.364 e. The Morgan fingerprint density at radius 3 is 2.67 bits per heavy atom. The zero-order valence-corrected chi connectivity index (χ0v) is 12.5. The summed E-state index contributed by atoms with van der Waals surface area (Å²) in [5.74, 6) is 6.64. The molecule has 96 valence electrons. The van der Waals surface area contributed by atoms with Crippen molar-refractivity contribution < 1.29 is 0 Å². The Hall–Kier alpha value is -1.18. The highest BCUT2D eigenvalue weighted by atomic mass is 79.9. The van der Waals surface area contributed by atoms with Crippen LogP contribution in [0.25, 0.3) is 0 Å². The molecule has 2 aromatic rings. The molecule has 0 aliphatic rings. The summed E-state index contributed by atoms with van der Waals surface area (Å²) in [4.78, 5) is 10.8. The molecule has 0 spiro atoms. The fraction of sp³-hybridized carbons (Fsp3) is 0.273. The van der Waals surface area contributed by atoms with Crippen LogP contribution in [-0.4, -0.2) is 9.97 Å². The van der Waals surface area contributed by atoms with E-state index in [2.05, 4.69) is 56.6 Å². The molecule has 0 bridgehead atoms. The van der Waals surface area contributed by atoms with Gasteiger partial charge in [-0.25, -0.2) is 15.8 Å². The van der Waals surface area contributed by atoms with Crippen molar-refractivity contribution in [1.29, 1.82) is 0 Å². The molecule has 0 saturated carbocycles. The van der Waals surface area contributed by atoms with Crippen molar-refractivity contribution in [2.45, 2.75) is 20.4 Å². The fourth-order valence-corrected chi connectivity index (χ4v) is 2.95. The smallest absolute Gasteiger partial charge is 0.159 e. The van der Waals surface area contributed by atoms with Gasteiger partial charge in [0.2, 0.25) is 0 Å². The van der Waals surface area contributed by atoms with Crippen LogP contribution in [0.5, 0.6) is 0 Å². The van der Waals surface area contributed by atoms with Gasteiger partial charge in [-0.1, -0.05) is 0 Å². The first-order valence-electron chi connectivity index (χ1n) is 5.38. The lowest BCUT2D eigenvalue weighted by atomic mass is 10.3. The summed E-state index contributed by atoms with van der Waals surface area (Å²) in [5, 5.41) is 3.26. The predicted octanol–water partition coefficient (Wildman–Crippen LogP) is 2.82. The van der Waals surface area contributed by atoms with Crippen molar-refractivity contribution >= 4 is 38.9 Å². The molecule has 2 rings (SSSR count). The lowest BCUT2D eigenvalue weighted by molar-refractivity contribution is 1.08. The van der Waals surface area contributed by atoms with Crippen LogP contribution in [0.1, 0.15) is 15.3 Å². The molecule has 0 aliphatic heterocycles. The first-order chi connectivity index (χ1) is 8.61. The maximum Gasteiger partial charge on any atom is 0.159 e. The van der Waals surface area contributed by atoms with E-state index in [4.69, 9.17) is 5.84 Å². The number of aryl methyl sites for hydroxylation is 2. The Morgan fingerprint density at radius 2 is 2.06 bits per heavy atom. The number of aromatic nitrogens is 2. The number of rotatable bonds is 4. The van der Waals surface area contributed by atoms with Crippen LogP contribution >= 0.6 is 27.3 Å². The van der Waals surface area contributed by atoms with E-state index >= 15 is 0 Å². The average molecular weight is 328 g/mol. The molecule has 18 heavy (non-hydrogen) atoms. The lowest BCUT2D eigenvalue weighted by Gasteiger charge is -2.08. The molecular weight excluding hydrogens is 314 g/mol. The van der Waals surface area contributed by atoms with E-state index < -0.39 is 0 Å². The number of hydrogen-bond acceptors (Lipinski definition) is 6. The Kier molecular flexibility index (Phi) is 4.15. The summed E-state index contributed by atoms with van der Waals surface area (Å²) >= 11 is 5.20. The van der Waals surface area contributed by atoms with Crippen molar-refractivity contribution in [3.05, 3.63) is 32.2 Å². The number of nitrogens with zero attached hydrogens (tertiary/aromatic N) is 2. The topological polar surface area (TPSA) is 75.9 Å². The number of anilines is 2. The molecule has 0 atom stereocenters. The van der Waals surface area contributed by atoms with Gasteiger partial charge < -0.3 is 10.7 Å². The van der Waals surface area contributed by atoms with Crippen LogP contribution in [0.2, 0.25) is 0 Å². The number of nitrogen functional groups attached to an aromatic ring is 1. The van der Waals surface area contributed by atoms with Crippen LogP contribution in [0.3, 0.4) is 0 Å². The average Bonchev–Trinajstić information content (AvgIpc) is 2.67. The number of halogens is 1. The van der Waals surface area contributed by atoms with Crippen molar-refractivity contribution in [1.82, 2.24) is 9.97 Å². The molecule has 0 unspecified atom stereocenters. The van der Waals surface area contributed by atoms with Crippen molar-refractivity contribution in [3.63, 3.8) is 0 Å². The second kappa shape index (κ2) is 5.64. The van der Waals surface area contributed by atoms with E-state index in [1.165, 1.54) is 21.6 Å². The molecule has 0 fully saturated rings. The molecule has 0 aliphatic carbocycles. The van der Waals surface area contributed by atoms with Gasteiger partial charge in [-0.05, 0) is 41.4 Å². The maximum absolute atomic E-state index is 5.35. The minimum Gasteiger partial charge on any atom is -0.364 e. The van der Waals surface area contributed by atoms with Gasteiger partial charge in [-0.15, -0.1) is 11.3 Å². The van der Waals surface area contributed by atoms with Crippen molar-refractivity contribution in [3.8, 4) is 0 Å². The van der Waals surface area contributed by atoms with Gasteiger partial charge in [-0.2, -0.15) is 0 Å².